The van der Waals surface area contributed by atoms with E-state index in [1.54, 1.807) is 37.3 Å². The molecule has 3 rings (SSSR count). The number of thioether (sulfide) groups is 1. The van der Waals surface area contributed by atoms with Crippen LogP contribution in [0.2, 0.25) is 0 Å². The van der Waals surface area contributed by atoms with Crippen molar-refractivity contribution in [1.29, 1.82) is 0 Å². The number of nitrogens with two attached hydrogens (primary N) is 3. The van der Waals surface area contributed by atoms with Crippen molar-refractivity contribution in [3.8, 4) is 0 Å². The zero-order chi connectivity index (χ0) is 105. The van der Waals surface area contributed by atoms with E-state index in [1.165, 1.54) is 0 Å². The number of guanidine groups is 1. The van der Waals surface area contributed by atoms with Crippen LogP contribution in [0, 0.1) is 29.1 Å². The first-order valence-corrected chi connectivity index (χ1v) is 52.7. The molecule has 2 fully saturated rings. The smallest absolute Gasteiger partial charge is 0.304 e. The van der Waals surface area contributed by atoms with Crippen molar-refractivity contribution in [1.82, 2.24) is 42.5 Å². The zero-order valence-corrected chi connectivity index (χ0v) is 86.1. The summed E-state index contributed by atoms with van der Waals surface area (Å²) in [6, 6.07) is 3.14. The number of fused-ring (bicyclic) bond motifs is 5. The van der Waals surface area contributed by atoms with Gasteiger partial charge in [0.25, 0.3) is 0 Å². The second-order valence-electron chi connectivity index (χ2n) is 36.1. The Morgan fingerprint density at radius 2 is 0.993 bits per heavy atom. The average molecular weight is 2070 g/mol. The number of Topliss-reactive ketones (excluding diaryl/α,β-unsaturated/α-hetero) is 7. The Morgan fingerprint density at radius 1 is 0.486 bits per heavy atom. The van der Waals surface area contributed by atoms with Crippen molar-refractivity contribution in [3.63, 3.8) is 0 Å². The first-order chi connectivity index (χ1) is 68.0. The number of nitrogens with zero attached hydrogens (tertiary/aromatic N) is 3. The summed E-state index contributed by atoms with van der Waals surface area (Å²) in [6.07, 6.45) is 6.53. The number of aliphatic imine (C=N–C) groups is 1. The summed E-state index contributed by atoms with van der Waals surface area (Å²) in [7, 11) is 1.97. The highest BCUT2D eigenvalue weighted by atomic mass is 33.1. The number of carboxylic acids is 1. The van der Waals surface area contributed by atoms with Gasteiger partial charge in [-0.3, -0.25) is 81.7 Å². The predicted octanol–water partition coefficient (Wildman–Crippen LogP) is 3.96. The lowest BCUT2D eigenvalue weighted by molar-refractivity contribution is -0.142. The number of carboxylic acid groups (broad SMARTS) is 1. The van der Waals surface area contributed by atoms with Crippen molar-refractivity contribution in [3.05, 3.63) is 35.9 Å². The monoisotopic (exact) mass is 2070 g/mol. The highest BCUT2D eigenvalue weighted by Crippen LogP contribution is 2.31. The van der Waals surface area contributed by atoms with E-state index in [4.69, 9.17) is 64.6 Å². The molecule has 8 amide bonds. The van der Waals surface area contributed by atoms with Gasteiger partial charge >= 0.3 is 5.97 Å². The van der Waals surface area contributed by atoms with Crippen molar-refractivity contribution >= 4 is 144 Å². The van der Waals surface area contributed by atoms with E-state index >= 15 is 0 Å². The summed E-state index contributed by atoms with van der Waals surface area (Å²) < 4.78 is 55.0. The van der Waals surface area contributed by atoms with Gasteiger partial charge in [-0.25, -0.2) is 0 Å². The van der Waals surface area contributed by atoms with Crippen LogP contribution in [0.1, 0.15) is 208 Å². The van der Waals surface area contributed by atoms with Crippen LogP contribution in [0.25, 0.3) is 0 Å². The minimum absolute atomic E-state index is 0.00988. The fourth-order valence-corrected chi connectivity index (χ4v) is 17.9. The first-order valence-electron chi connectivity index (χ1n) is 49.0. The van der Waals surface area contributed by atoms with Crippen LogP contribution in [0.3, 0.4) is 0 Å². The molecule has 2 aliphatic rings. The van der Waals surface area contributed by atoms with Gasteiger partial charge in [-0.2, -0.15) is 0 Å². The summed E-state index contributed by atoms with van der Waals surface area (Å²) >= 11 is 0.945. The fraction of sp³-hybridized carbons (Fsp3) is 0.740. The van der Waals surface area contributed by atoms with E-state index in [0.29, 0.717) is 114 Å². The maximum absolute atomic E-state index is 14.9. The number of rotatable bonds is 73. The zero-order valence-electron chi connectivity index (χ0n) is 83.7. The number of ether oxygens (including phenoxy) is 10. The number of primary amides is 1. The maximum Gasteiger partial charge on any atom is 0.304 e. The molecule has 17 N–H and O–H groups in total. The number of ketones is 7. The fourth-order valence-electron chi connectivity index (χ4n) is 14.6. The first kappa shape index (κ1) is 127. The molecule has 2 aliphatic heterocycles. The Bertz CT molecular complexity index is 4020. The number of unbranched alkanes of at least 4 members (excludes halogenated alkanes) is 1. The molecule has 0 saturated carbocycles. The third-order valence-corrected chi connectivity index (χ3v) is 26.9. The van der Waals surface area contributed by atoms with E-state index in [-0.39, 0.29) is 202 Å². The van der Waals surface area contributed by atoms with Gasteiger partial charge in [0.1, 0.15) is 44.0 Å². The van der Waals surface area contributed by atoms with Gasteiger partial charge in [-0.15, -0.1) is 11.8 Å². The van der Waals surface area contributed by atoms with Crippen LogP contribution in [-0.4, -0.2) is 344 Å². The Labute approximate surface area is 845 Å². The topological polar surface area (TPSA) is 637 Å². The van der Waals surface area contributed by atoms with Gasteiger partial charge in [-0.05, 0) is 136 Å². The Morgan fingerprint density at radius 3 is 1.56 bits per heavy atom. The number of benzene rings is 1. The summed E-state index contributed by atoms with van der Waals surface area (Å²) in [4.78, 5) is 220. The minimum Gasteiger partial charge on any atom is -0.481 e. The molecule has 1 aromatic rings. The summed E-state index contributed by atoms with van der Waals surface area (Å²) in [5, 5.41) is 57.7. The highest BCUT2D eigenvalue weighted by Gasteiger charge is 2.37. The summed E-state index contributed by atoms with van der Waals surface area (Å²) in [5.74, 6) is -14.6. The van der Waals surface area contributed by atoms with Crippen LogP contribution < -0.4 is 59.7 Å². The van der Waals surface area contributed by atoms with Crippen LogP contribution >= 0.6 is 33.3 Å². The number of nitrogens with one attached hydrogen (secondary N) is 8. The van der Waals surface area contributed by atoms with E-state index in [9.17, 15) is 92.2 Å². The Balaban J connectivity index is 1.53. The molecule has 43 nitrogen and oxygen atoms in total. The Hall–Kier alpha value is -9.04. The minimum atomic E-state index is -1.55. The molecule has 0 spiro atoms. The Kier molecular flexibility index (Phi) is 69.3. The number of hydrogen-bond donors (Lipinski definition) is 14. The van der Waals surface area contributed by atoms with Gasteiger partial charge in [0.2, 0.25) is 47.3 Å². The van der Waals surface area contributed by atoms with Crippen molar-refractivity contribution in [2.45, 2.75) is 238 Å². The quantitative estimate of drug-likeness (QED) is 0.0110. The largest absolute Gasteiger partial charge is 0.481 e. The van der Waals surface area contributed by atoms with E-state index in [1.807, 2.05) is 20.8 Å². The van der Waals surface area contributed by atoms with Crippen molar-refractivity contribution < 1.29 is 140 Å². The standard InChI is InChI=1S/C96H158N14O29S3/c1-67(109-128)95(3,4)32-14-22-69(31-35-104-96(5,6)68(2)110-129)21-12-24-74(111)25-13-26-75(112)27-16-37-130-41-46-135-49-51-137-52-50-136-48-44-133-40-36-101-87(120)62-139-61-86(119)100-33-11-10-29-78-93(127)108-81-65-142-141-64-80(107-92(126)73(57-89(122)123)54-77(114)58-103-90(124)71(55-83(81)116)23-15-34-102-94(98)99)84(117)56-72(53-70-19-8-7-9-20-70)91(125)106-79(63-140-66-88(121)105-78)82(115)30-18-39-132-43-47-134-45-42-131-38-17-28-76(113)59-138-60-85(97)118/h7-9,19-20,69,71-73,78-81,104,128-129H,10-18,21-66H2,1-6H3,(H2,97,118)(H,100,119)(H,101,120)(H,103,124)(H,105,121)(H,106,125)(H,107,126)(H,108,127)(H,122,123)(H4,98,99,102)/b109-67+,110-68+/t69?,71-,72-,73+,78+,79+,80+,81+/m1/s1. The number of hydrogen-bond acceptors (Lipinski definition) is 35. The van der Waals surface area contributed by atoms with Gasteiger partial charge < -0.3 is 123 Å². The summed E-state index contributed by atoms with van der Waals surface area (Å²) in [6.45, 7) is 14.7. The van der Waals surface area contributed by atoms with Gasteiger partial charge in [0.15, 0.2) is 34.9 Å². The molecule has 2 saturated heterocycles. The number of carbonyl (C=O) groups is 16. The van der Waals surface area contributed by atoms with E-state index in [2.05, 4.69) is 71.7 Å². The molecule has 8 atom stereocenters. The molecular weight excluding hydrogens is 1910 g/mol. The molecule has 1 unspecified atom stereocenters. The molecule has 0 aromatic heterocycles. The molecule has 1 aromatic carbocycles. The average Bonchev–Trinajstić information content (AvgIpc) is 0.885. The molecule has 0 aliphatic carbocycles. The number of carbonyl (C=O) groups excluding carboxylic acids is 15. The SMILES string of the molecule is C/C(=N\O)C(C)(C)CCCC(CCCC(=O)CCCC(=O)CCCOCCOCCOCCOCCOCCNC(=O)COCC(=O)NCCCC[C@@H]1NC(=O)CSC[C@@H](C(=O)CCCOCCOCCOCCCC(=O)COCC(N)=O)NC(=O)[C@H](Cc2ccccc2)CC(=O)[C@@H]2CSSC[C@H](NC1=O)C(=O)C[C@@H](CCCN=C(N)N)C(=O)NCC(=O)C[C@@H](CC(=O)O)C(=O)N2)CCNC(C)(C)/C(C)=N/O. The van der Waals surface area contributed by atoms with Gasteiger partial charge in [-0.1, -0.05) is 88.9 Å². The van der Waals surface area contributed by atoms with E-state index in [0.717, 1.165) is 78.4 Å². The molecular formula is C96H158N14O29S3. The maximum atomic E-state index is 14.9. The normalized spacial score (nSPS) is 18.6. The lowest BCUT2D eigenvalue weighted by atomic mass is 9.81. The van der Waals surface area contributed by atoms with Crippen molar-refractivity contribution in [2.75, 3.05) is 188 Å². The lowest BCUT2D eigenvalue weighted by Crippen LogP contribution is -2.53. The molecule has 2 heterocycles. The number of oxime groups is 2. The molecule has 46 heteroatoms. The molecule has 804 valence electrons. The van der Waals surface area contributed by atoms with E-state index < -0.39 is 169 Å². The number of amides is 8. The summed E-state index contributed by atoms with van der Waals surface area (Å²) in [5.41, 5.74) is 17.4. The number of aliphatic carboxylic acids is 1. The van der Waals surface area contributed by atoms with Gasteiger partial charge in [0, 0.05) is 132 Å². The third kappa shape index (κ3) is 62.6. The third-order valence-electron chi connectivity index (χ3n) is 23.4. The van der Waals surface area contributed by atoms with Crippen LogP contribution in [-0.2, 0) is 131 Å². The molecule has 142 heavy (non-hydrogen) atoms. The second kappa shape index (κ2) is 77.4. The van der Waals surface area contributed by atoms with Crippen LogP contribution in [0.15, 0.2) is 45.6 Å². The second-order valence-corrected chi connectivity index (χ2v) is 39.6. The lowest BCUT2D eigenvalue weighted by Gasteiger charge is -2.28. The van der Waals surface area contributed by atoms with Crippen LogP contribution in [0.5, 0.6) is 0 Å². The predicted molar refractivity (Wildman–Crippen MR) is 535 cm³/mol. The van der Waals surface area contributed by atoms with Gasteiger partial charge in [0.05, 0.1) is 146 Å². The highest BCUT2D eigenvalue weighted by molar-refractivity contribution is 8.76. The molecule has 2 bridgehead atoms. The van der Waals surface area contributed by atoms with Crippen LogP contribution in [0.4, 0.5) is 0 Å². The molecule has 0 radical (unpaired) electrons. The van der Waals surface area contributed by atoms with Crippen molar-refractivity contribution in [2.24, 2.45) is 61.6 Å².